The number of halogens is 4. The van der Waals surface area contributed by atoms with E-state index in [1.807, 2.05) is 0 Å². The molecule has 1 aromatic carbocycles. The summed E-state index contributed by atoms with van der Waals surface area (Å²) in [6, 6.07) is 2.04. The number of aliphatic hydroxyl groups is 1. The second-order valence-electron chi connectivity index (χ2n) is 5.19. The van der Waals surface area contributed by atoms with E-state index in [-0.39, 0.29) is 18.2 Å². The fraction of sp³-hybridized carbons (Fsp3) is 0.500. The van der Waals surface area contributed by atoms with Crippen molar-refractivity contribution >= 4 is 11.7 Å². The molecule has 0 saturated heterocycles. The van der Waals surface area contributed by atoms with Crippen molar-refractivity contribution in [3.05, 3.63) is 24.0 Å². The molecule has 0 aliphatic carbocycles. The Morgan fingerprint density at radius 3 is 2.57 bits per heavy atom. The predicted octanol–water partition coefficient (Wildman–Crippen LogP) is 2.91. The second-order valence-corrected chi connectivity index (χ2v) is 5.19. The van der Waals surface area contributed by atoms with Gasteiger partial charge in [0, 0.05) is 12.6 Å². The van der Waals surface area contributed by atoms with Gasteiger partial charge in [0.1, 0.15) is 11.6 Å². The third-order valence-corrected chi connectivity index (χ3v) is 2.82. The zero-order valence-electron chi connectivity index (χ0n) is 12.6. The summed E-state index contributed by atoms with van der Waals surface area (Å²) in [5.41, 5.74) is -0.118. The van der Waals surface area contributed by atoms with Crippen molar-refractivity contribution in [2.24, 2.45) is 5.92 Å². The summed E-state index contributed by atoms with van der Waals surface area (Å²) >= 11 is 0. The van der Waals surface area contributed by atoms with E-state index in [4.69, 9.17) is 0 Å². The number of aliphatic hydroxyl groups excluding tert-OH is 1. The molecule has 0 aliphatic heterocycles. The fourth-order valence-corrected chi connectivity index (χ4v) is 1.48. The summed E-state index contributed by atoms with van der Waals surface area (Å²) < 4.78 is 54.1. The van der Waals surface area contributed by atoms with Crippen molar-refractivity contribution in [2.75, 3.05) is 18.5 Å². The molecule has 2 amide bonds. The Morgan fingerprint density at radius 1 is 1.35 bits per heavy atom. The Hall–Kier alpha value is -2.03. The van der Waals surface area contributed by atoms with E-state index in [2.05, 4.69) is 15.4 Å². The van der Waals surface area contributed by atoms with Crippen LogP contribution in [0, 0.1) is 11.7 Å². The van der Waals surface area contributed by atoms with Gasteiger partial charge in [-0.25, -0.2) is 9.18 Å². The van der Waals surface area contributed by atoms with Gasteiger partial charge < -0.3 is 20.5 Å². The molecular weight excluding hydrogens is 320 g/mol. The Morgan fingerprint density at radius 2 is 2.00 bits per heavy atom. The van der Waals surface area contributed by atoms with Crippen LogP contribution in [0.25, 0.3) is 0 Å². The molecule has 1 unspecified atom stereocenters. The van der Waals surface area contributed by atoms with Crippen LogP contribution in [-0.4, -0.2) is 36.6 Å². The molecule has 0 spiro atoms. The molecule has 5 nitrogen and oxygen atoms in total. The Kier molecular flexibility index (Phi) is 6.62. The molecule has 130 valence electrons. The number of anilines is 1. The minimum atomic E-state index is -4.59. The quantitative estimate of drug-likeness (QED) is 0.699. The molecule has 9 heteroatoms. The molecule has 0 fully saturated rings. The molecule has 1 atom stereocenters. The maximum atomic E-state index is 13.1. The van der Waals surface area contributed by atoms with Gasteiger partial charge in [0.2, 0.25) is 0 Å². The van der Waals surface area contributed by atoms with E-state index in [0.29, 0.717) is 0 Å². The number of hydrogen-bond donors (Lipinski definition) is 3. The lowest BCUT2D eigenvalue weighted by Crippen LogP contribution is -2.37. The van der Waals surface area contributed by atoms with Crippen LogP contribution in [0.2, 0.25) is 0 Å². The number of nitrogens with one attached hydrogen (secondary N) is 2. The first kappa shape index (κ1) is 19.0. The van der Waals surface area contributed by atoms with Gasteiger partial charge >= 0.3 is 12.2 Å². The number of benzene rings is 1. The zero-order chi connectivity index (χ0) is 17.6. The largest absolute Gasteiger partial charge is 0.482 e. The summed E-state index contributed by atoms with van der Waals surface area (Å²) in [7, 11) is 0. The highest BCUT2D eigenvalue weighted by molar-refractivity contribution is 5.90. The van der Waals surface area contributed by atoms with Crippen molar-refractivity contribution in [1.82, 2.24) is 5.32 Å². The summed E-state index contributed by atoms with van der Waals surface area (Å²) in [5.74, 6) is -1.32. The molecule has 1 rings (SSSR count). The van der Waals surface area contributed by atoms with Gasteiger partial charge in [0.25, 0.3) is 0 Å². The first-order valence-electron chi connectivity index (χ1n) is 6.80. The summed E-state index contributed by atoms with van der Waals surface area (Å²) in [5, 5.41) is 14.2. The van der Waals surface area contributed by atoms with E-state index in [1.54, 1.807) is 13.8 Å². The Balaban J connectivity index is 2.70. The first-order valence-corrected chi connectivity index (χ1v) is 6.80. The maximum absolute atomic E-state index is 13.1. The number of rotatable bonds is 6. The third kappa shape index (κ3) is 7.18. The van der Waals surface area contributed by atoms with Crippen LogP contribution in [0.5, 0.6) is 5.75 Å². The van der Waals surface area contributed by atoms with Crippen LogP contribution in [0.15, 0.2) is 18.2 Å². The number of carbonyl (C=O) groups excluding carboxylic acids is 1. The average molecular weight is 338 g/mol. The second kappa shape index (κ2) is 8.00. The Bertz CT molecular complexity index is 535. The monoisotopic (exact) mass is 338 g/mol. The summed E-state index contributed by atoms with van der Waals surface area (Å²) in [6.07, 6.45) is -5.36. The number of alkyl halides is 3. The van der Waals surface area contributed by atoms with E-state index in [9.17, 15) is 27.5 Å². The van der Waals surface area contributed by atoms with Crippen LogP contribution < -0.4 is 15.4 Å². The molecule has 0 bridgehead atoms. The van der Waals surface area contributed by atoms with Crippen molar-refractivity contribution < 1.29 is 32.2 Å². The molecule has 0 aromatic heterocycles. The smallest absolute Gasteiger partial charge is 0.422 e. The number of hydrogen-bond acceptors (Lipinski definition) is 3. The number of carbonyl (C=O) groups is 1. The van der Waals surface area contributed by atoms with Crippen molar-refractivity contribution in [2.45, 2.75) is 26.1 Å². The van der Waals surface area contributed by atoms with Gasteiger partial charge in [-0.05, 0) is 18.1 Å². The summed E-state index contributed by atoms with van der Waals surface area (Å²) in [4.78, 5) is 11.7. The van der Waals surface area contributed by atoms with E-state index in [1.165, 1.54) is 0 Å². The third-order valence-electron chi connectivity index (χ3n) is 2.82. The highest BCUT2D eigenvalue weighted by Crippen LogP contribution is 2.27. The minimum Gasteiger partial charge on any atom is -0.482 e. The topological polar surface area (TPSA) is 70.6 Å². The van der Waals surface area contributed by atoms with Crippen LogP contribution >= 0.6 is 0 Å². The van der Waals surface area contributed by atoms with Crippen LogP contribution in [0.4, 0.5) is 28.0 Å². The van der Waals surface area contributed by atoms with Gasteiger partial charge in [-0.15, -0.1) is 0 Å². The highest BCUT2D eigenvalue weighted by Gasteiger charge is 2.29. The predicted molar refractivity (Wildman–Crippen MR) is 75.8 cm³/mol. The fourth-order valence-electron chi connectivity index (χ4n) is 1.48. The summed E-state index contributed by atoms with van der Waals surface area (Å²) in [6.45, 7) is 1.86. The molecule has 1 aromatic rings. The molecular formula is C14H18F4N2O3. The van der Waals surface area contributed by atoms with Crippen LogP contribution in [0.3, 0.4) is 0 Å². The van der Waals surface area contributed by atoms with Gasteiger partial charge in [-0.3, -0.25) is 0 Å². The highest BCUT2D eigenvalue weighted by atomic mass is 19.4. The maximum Gasteiger partial charge on any atom is 0.422 e. The molecule has 0 saturated carbocycles. The van der Waals surface area contributed by atoms with E-state index in [0.717, 1.165) is 18.2 Å². The number of amides is 2. The van der Waals surface area contributed by atoms with Crippen LogP contribution in [0.1, 0.15) is 13.8 Å². The molecule has 0 heterocycles. The number of ether oxygens (including phenoxy) is 1. The SMILES string of the molecule is CC(C)C(O)CNC(=O)Nc1ccc(F)cc1OCC(F)(F)F. The van der Waals surface area contributed by atoms with Gasteiger partial charge in [0.15, 0.2) is 6.61 Å². The normalized spacial score (nSPS) is 12.9. The van der Waals surface area contributed by atoms with E-state index < -0.39 is 36.5 Å². The molecule has 3 N–H and O–H groups in total. The molecule has 0 aliphatic rings. The molecule has 23 heavy (non-hydrogen) atoms. The standard InChI is InChI=1S/C14H18F4N2O3/c1-8(2)11(21)6-19-13(22)20-10-4-3-9(15)5-12(10)23-7-14(16,17)18/h3-5,8,11,21H,6-7H2,1-2H3,(H2,19,20,22). The van der Waals surface area contributed by atoms with Crippen molar-refractivity contribution in [1.29, 1.82) is 0 Å². The van der Waals surface area contributed by atoms with Gasteiger partial charge in [0.05, 0.1) is 11.8 Å². The lowest BCUT2D eigenvalue weighted by molar-refractivity contribution is -0.153. The van der Waals surface area contributed by atoms with Gasteiger partial charge in [-0.2, -0.15) is 13.2 Å². The zero-order valence-corrected chi connectivity index (χ0v) is 12.6. The minimum absolute atomic E-state index is 0.0383. The first-order chi connectivity index (χ1) is 10.6. The lowest BCUT2D eigenvalue weighted by atomic mass is 10.1. The van der Waals surface area contributed by atoms with Crippen molar-refractivity contribution in [3.8, 4) is 5.75 Å². The van der Waals surface area contributed by atoms with E-state index >= 15 is 0 Å². The average Bonchev–Trinajstić information content (AvgIpc) is 2.44. The lowest BCUT2D eigenvalue weighted by Gasteiger charge is -2.17. The Labute approximate surface area is 130 Å². The number of urea groups is 1. The molecule has 0 radical (unpaired) electrons. The van der Waals surface area contributed by atoms with Crippen LogP contribution in [-0.2, 0) is 0 Å². The van der Waals surface area contributed by atoms with Crippen molar-refractivity contribution in [3.63, 3.8) is 0 Å². The van der Waals surface area contributed by atoms with Gasteiger partial charge in [-0.1, -0.05) is 13.8 Å².